The Bertz CT molecular complexity index is 394. The predicted molar refractivity (Wildman–Crippen MR) is 55.7 cm³/mol. The number of nitrogens with one attached hydrogen (secondary N) is 1. The molecular formula is C10H11NO2S. The first kappa shape index (κ1) is 9.30. The molecule has 2 N–H and O–H groups in total. The minimum atomic E-state index is -0.625. The number of thiophene rings is 1. The van der Waals surface area contributed by atoms with Gasteiger partial charge in [-0.15, -0.1) is 11.3 Å². The third-order valence-electron chi connectivity index (χ3n) is 2.04. The van der Waals surface area contributed by atoms with Crippen LogP contribution < -0.4 is 4.74 Å². The minimum Gasteiger partial charge on any atom is -0.495 e. The first-order chi connectivity index (χ1) is 6.83. The molecular weight excluding hydrogens is 198 g/mol. The second-order valence-corrected chi connectivity index (χ2v) is 3.83. The van der Waals surface area contributed by atoms with E-state index >= 15 is 0 Å². The van der Waals surface area contributed by atoms with Crippen molar-refractivity contribution in [3.8, 4) is 5.75 Å². The zero-order chi connectivity index (χ0) is 9.97. The molecule has 0 saturated carbocycles. The monoisotopic (exact) mass is 209 g/mol. The molecule has 0 saturated heterocycles. The zero-order valence-corrected chi connectivity index (χ0v) is 8.54. The fourth-order valence-electron chi connectivity index (χ4n) is 1.33. The van der Waals surface area contributed by atoms with Crippen LogP contribution in [-0.4, -0.2) is 17.2 Å². The fraction of sp³-hybridized carbons (Fsp3) is 0.200. The Morgan fingerprint density at radius 1 is 1.50 bits per heavy atom. The van der Waals surface area contributed by atoms with E-state index in [1.807, 2.05) is 23.6 Å². The number of rotatable bonds is 3. The molecule has 0 spiro atoms. The highest BCUT2D eigenvalue weighted by atomic mass is 32.1. The van der Waals surface area contributed by atoms with Crippen LogP contribution in [0.25, 0.3) is 0 Å². The number of hydrogen-bond donors (Lipinski definition) is 2. The fourth-order valence-corrected chi connectivity index (χ4v) is 2.19. The Labute approximate surface area is 86.0 Å². The number of ether oxygens (including phenoxy) is 1. The summed E-state index contributed by atoms with van der Waals surface area (Å²) < 4.78 is 5.14. The summed E-state index contributed by atoms with van der Waals surface area (Å²) >= 11 is 1.49. The van der Waals surface area contributed by atoms with Gasteiger partial charge in [-0.25, -0.2) is 0 Å². The molecule has 1 atom stereocenters. The largest absolute Gasteiger partial charge is 0.495 e. The summed E-state index contributed by atoms with van der Waals surface area (Å²) in [7, 11) is 1.60. The topological polar surface area (TPSA) is 45.2 Å². The second-order valence-electron chi connectivity index (χ2n) is 2.88. The van der Waals surface area contributed by atoms with E-state index in [9.17, 15) is 5.11 Å². The van der Waals surface area contributed by atoms with E-state index in [4.69, 9.17) is 4.74 Å². The van der Waals surface area contributed by atoms with Gasteiger partial charge in [-0.05, 0) is 23.6 Å². The van der Waals surface area contributed by atoms with Crippen LogP contribution in [0.2, 0.25) is 0 Å². The van der Waals surface area contributed by atoms with Crippen molar-refractivity contribution in [2.45, 2.75) is 6.10 Å². The maximum absolute atomic E-state index is 9.98. The van der Waals surface area contributed by atoms with Crippen molar-refractivity contribution < 1.29 is 9.84 Å². The SMILES string of the molecule is COc1ccsc1C(O)c1ccc[nH]1. The van der Waals surface area contributed by atoms with Crippen LogP contribution in [0, 0.1) is 0 Å². The Kier molecular flexibility index (Phi) is 2.56. The molecule has 2 rings (SSSR count). The van der Waals surface area contributed by atoms with Crippen molar-refractivity contribution in [2.75, 3.05) is 7.11 Å². The summed E-state index contributed by atoms with van der Waals surface area (Å²) in [6.07, 6.45) is 1.17. The van der Waals surface area contributed by atoms with E-state index in [1.54, 1.807) is 13.3 Å². The van der Waals surface area contributed by atoms with Gasteiger partial charge in [-0.2, -0.15) is 0 Å². The van der Waals surface area contributed by atoms with Crippen LogP contribution in [0.4, 0.5) is 0 Å². The Morgan fingerprint density at radius 3 is 3.00 bits per heavy atom. The van der Waals surface area contributed by atoms with Gasteiger partial charge in [0, 0.05) is 11.9 Å². The molecule has 0 bridgehead atoms. The molecule has 2 aromatic rings. The van der Waals surface area contributed by atoms with E-state index < -0.39 is 6.10 Å². The number of methoxy groups -OCH3 is 1. The van der Waals surface area contributed by atoms with Crippen molar-refractivity contribution in [3.05, 3.63) is 40.3 Å². The van der Waals surface area contributed by atoms with Gasteiger partial charge in [0.25, 0.3) is 0 Å². The number of H-pyrrole nitrogens is 1. The van der Waals surface area contributed by atoms with Gasteiger partial charge >= 0.3 is 0 Å². The van der Waals surface area contributed by atoms with E-state index in [0.717, 1.165) is 16.3 Å². The molecule has 0 aliphatic rings. The van der Waals surface area contributed by atoms with Crippen LogP contribution in [0.15, 0.2) is 29.8 Å². The molecule has 3 nitrogen and oxygen atoms in total. The van der Waals surface area contributed by atoms with Gasteiger partial charge in [0.2, 0.25) is 0 Å². The van der Waals surface area contributed by atoms with Gasteiger partial charge in [0.05, 0.1) is 12.0 Å². The molecule has 0 fully saturated rings. The molecule has 0 aliphatic carbocycles. The van der Waals surface area contributed by atoms with Gasteiger partial charge in [-0.3, -0.25) is 0 Å². The Balaban J connectivity index is 2.31. The minimum absolute atomic E-state index is 0.625. The van der Waals surface area contributed by atoms with Crippen LogP contribution in [0.3, 0.4) is 0 Å². The lowest BCUT2D eigenvalue weighted by Crippen LogP contribution is -1.99. The van der Waals surface area contributed by atoms with E-state index in [1.165, 1.54) is 11.3 Å². The molecule has 14 heavy (non-hydrogen) atoms. The zero-order valence-electron chi connectivity index (χ0n) is 7.73. The standard InChI is InChI=1S/C10H11NO2S/c1-13-8-4-6-14-10(8)9(12)7-3-2-5-11-7/h2-6,9,11-12H,1H3. The van der Waals surface area contributed by atoms with Crippen LogP contribution in [-0.2, 0) is 0 Å². The van der Waals surface area contributed by atoms with E-state index in [0.29, 0.717) is 0 Å². The first-order valence-electron chi connectivity index (χ1n) is 4.25. The number of hydrogen-bond acceptors (Lipinski definition) is 3. The van der Waals surface area contributed by atoms with Gasteiger partial charge in [-0.1, -0.05) is 0 Å². The highest BCUT2D eigenvalue weighted by molar-refractivity contribution is 7.10. The number of aliphatic hydroxyl groups excluding tert-OH is 1. The van der Waals surface area contributed by atoms with Crippen LogP contribution >= 0.6 is 11.3 Å². The van der Waals surface area contributed by atoms with E-state index in [-0.39, 0.29) is 0 Å². The molecule has 1 unspecified atom stereocenters. The van der Waals surface area contributed by atoms with Crippen molar-refractivity contribution in [1.29, 1.82) is 0 Å². The molecule has 0 aliphatic heterocycles. The van der Waals surface area contributed by atoms with Crippen molar-refractivity contribution in [1.82, 2.24) is 4.98 Å². The lowest BCUT2D eigenvalue weighted by molar-refractivity contribution is 0.215. The summed E-state index contributed by atoms with van der Waals surface area (Å²) in [4.78, 5) is 3.81. The average molecular weight is 209 g/mol. The van der Waals surface area contributed by atoms with Gasteiger partial charge in [0.1, 0.15) is 11.9 Å². The Hall–Kier alpha value is -1.26. The highest BCUT2D eigenvalue weighted by Gasteiger charge is 2.17. The van der Waals surface area contributed by atoms with E-state index in [2.05, 4.69) is 4.98 Å². The molecule has 2 heterocycles. The molecule has 4 heteroatoms. The van der Waals surface area contributed by atoms with Crippen molar-refractivity contribution >= 4 is 11.3 Å². The summed E-state index contributed by atoms with van der Waals surface area (Å²) in [6, 6.07) is 5.56. The first-order valence-corrected chi connectivity index (χ1v) is 5.13. The Morgan fingerprint density at radius 2 is 2.36 bits per heavy atom. The molecule has 2 aromatic heterocycles. The normalized spacial score (nSPS) is 12.7. The summed E-state index contributed by atoms with van der Waals surface area (Å²) in [6.45, 7) is 0. The second kappa shape index (κ2) is 3.86. The third kappa shape index (κ3) is 1.54. The molecule has 0 radical (unpaired) electrons. The smallest absolute Gasteiger partial charge is 0.135 e. The lowest BCUT2D eigenvalue weighted by atomic mass is 10.2. The molecule has 0 amide bonds. The summed E-state index contributed by atoms with van der Waals surface area (Å²) in [5.74, 6) is 0.733. The van der Waals surface area contributed by atoms with Crippen molar-refractivity contribution in [3.63, 3.8) is 0 Å². The quantitative estimate of drug-likeness (QED) is 0.813. The lowest BCUT2D eigenvalue weighted by Gasteiger charge is -2.08. The van der Waals surface area contributed by atoms with Crippen LogP contribution in [0.5, 0.6) is 5.75 Å². The van der Waals surface area contributed by atoms with Crippen molar-refractivity contribution in [2.24, 2.45) is 0 Å². The number of aromatic amines is 1. The predicted octanol–water partition coefficient (Wildman–Crippen LogP) is 2.17. The maximum atomic E-state index is 9.98. The molecule has 0 aromatic carbocycles. The number of aliphatic hydroxyl groups is 1. The third-order valence-corrected chi connectivity index (χ3v) is 2.99. The van der Waals surface area contributed by atoms with Gasteiger partial charge in [0.15, 0.2) is 0 Å². The summed E-state index contributed by atoms with van der Waals surface area (Å²) in [5, 5.41) is 11.9. The summed E-state index contributed by atoms with van der Waals surface area (Å²) in [5.41, 5.74) is 0.783. The molecule has 74 valence electrons. The highest BCUT2D eigenvalue weighted by Crippen LogP contribution is 2.33. The number of aromatic nitrogens is 1. The van der Waals surface area contributed by atoms with Crippen LogP contribution in [0.1, 0.15) is 16.7 Å². The van der Waals surface area contributed by atoms with Gasteiger partial charge < -0.3 is 14.8 Å². The average Bonchev–Trinajstić information content (AvgIpc) is 2.87. The maximum Gasteiger partial charge on any atom is 0.135 e.